The van der Waals surface area contributed by atoms with Crippen LogP contribution in [0.1, 0.15) is 19.4 Å². The molecule has 0 aliphatic carbocycles. The number of benzene rings is 1. The van der Waals surface area contributed by atoms with Crippen molar-refractivity contribution in [2.75, 3.05) is 20.2 Å². The lowest BCUT2D eigenvalue weighted by molar-refractivity contribution is 0.0221. The lowest BCUT2D eigenvalue weighted by Crippen LogP contribution is -2.32. The summed E-state index contributed by atoms with van der Waals surface area (Å²) in [5.41, 5.74) is 2.41. The molecule has 0 radical (unpaired) electrons. The first-order chi connectivity index (χ1) is 12.1. The maximum atomic E-state index is 12.8. The van der Waals surface area contributed by atoms with Crippen molar-refractivity contribution >= 4 is 16.2 Å². The number of hydrogen-bond acceptors (Lipinski definition) is 5. The minimum atomic E-state index is -3.74. The van der Waals surface area contributed by atoms with Gasteiger partial charge in [0.2, 0.25) is 10.0 Å². The van der Waals surface area contributed by atoms with Gasteiger partial charge in [-0.3, -0.25) is 0 Å². The molecule has 26 heavy (non-hydrogen) atoms. The Morgan fingerprint density at radius 3 is 2.46 bits per heavy atom. The molecule has 0 aromatic heterocycles. The summed E-state index contributed by atoms with van der Waals surface area (Å²) in [6.45, 7) is 8.49. The van der Waals surface area contributed by atoms with Gasteiger partial charge in [0.15, 0.2) is 5.60 Å². The van der Waals surface area contributed by atoms with Gasteiger partial charge in [0.1, 0.15) is 0 Å². The third-order valence-electron chi connectivity index (χ3n) is 3.25. The molecule has 0 spiro atoms. The average Bonchev–Trinajstić information content (AvgIpc) is 2.57. The van der Waals surface area contributed by atoms with Crippen molar-refractivity contribution in [3.8, 4) is 11.8 Å². The lowest BCUT2D eigenvalue weighted by atomic mass is 10.1. The molecule has 0 saturated heterocycles. The Balaban J connectivity index is 3.05. The molecular formula is C19H23NO5S. The first-order valence-electron chi connectivity index (χ1n) is 7.80. The van der Waals surface area contributed by atoms with Gasteiger partial charge in [-0.25, -0.2) is 13.2 Å². The number of nitrogens with zero attached hydrogens (tertiary/aromatic N) is 1. The molecule has 0 amide bonds. The van der Waals surface area contributed by atoms with E-state index in [4.69, 9.17) is 4.74 Å². The fourth-order valence-electron chi connectivity index (χ4n) is 1.89. The molecule has 0 unspecified atom stereocenters. The normalized spacial score (nSPS) is 11.1. The van der Waals surface area contributed by atoms with Gasteiger partial charge in [0.05, 0.1) is 18.6 Å². The molecule has 0 fully saturated rings. The smallest absolute Gasteiger partial charge is 0.438 e. The van der Waals surface area contributed by atoms with Crippen LogP contribution in [0, 0.1) is 18.8 Å². The summed E-state index contributed by atoms with van der Waals surface area (Å²) in [6.07, 6.45) is 0.645. The summed E-state index contributed by atoms with van der Waals surface area (Å²) in [4.78, 5) is 11.4. The van der Waals surface area contributed by atoms with E-state index in [1.807, 2.05) is 6.92 Å². The predicted octanol–water partition coefficient (Wildman–Crippen LogP) is 2.89. The van der Waals surface area contributed by atoms with Gasteiger partial charge in [0, 0.05) is 6.54 Å². The van der Waals surface area contributed by atoms with Gasteiger partial charge in [-0.05, 0) is 39.0 Å². The molecular weight excluding hydrogens is 354 g/mol. The van der Waals surface area contributed by atoms with Crippen LogP contribution in [0.25, 0.3) is 0 Å². The Hall–Kier alpha value is -2.52. The lowest BCUT2D eigenvalue weighted by Gasteiger charge is -2.19. The minimum absolute atomic E-state index is 0.0761. The zero-order chi connectivity index (χ0) is 19.8. The zero-order valence-corrected chi connectivity index (χ0v) is 16.2. The quantitative estimate of drug-likeness (QED) is 0.433. The summed E-state index contributed by atoms with van der Waals surface area (Å²) < 4.78 is 36.3. The van der Waals surface area contributed by atoms with Crippen LogP contribution in [0.15, 0.2) is 47.5 Å². The Morgan fingerprint density at radius 1 is 1.31 bits per heavy atom. The standard InChI is InChI=1S/C19H23NO5S/c1-6-7-14-20(15-8-13-19(3,4)25-18(21)24-5)26(22,23)17-11-9-16(2)10-12-17/h7,9-12H,1,14-15H2,2-5H3. The van der Waals surface area contributed by atoms with Crippen LogP contribution in [-0.2, 0) is 19.5 Å². The molecule has 0 heterocycles. The SMILES string of the molecule is C=C=CCN(CC#CC(C)(C)OC(=O)OC)S(=O)(=O)c1ccc(C)cc1. The molecule has 0 aliphatic heterocycles. The number of carbonyl (C=O) groups is 1. The van der Waals surface area contributed by atoms with Gasteiger partial charge in [-0.15, -0.1) is 5.73 Å². The molecule has 1 aromatic carbocycles. The van der Waals surface area contributed by atoms with Crippen molar-refractivity contribution in [3.63, 3.8) is 0 Å². The van der Waals surface area contributed by atoms with Crippen molar-refractivity contribution in [1.29, 1.82) is 0 Å². The predicted molar refractivity (Wildman–Crippen MR) is 99.0 cm³/mol. The Labute approximate surface area is 155 Å². The van der Waals surface area contributed by atoms with Gasteiger partial charge < -0.3 is 9.47 Å². The van der Waals surface area contributed by atoms with E-state index in [-0.39, 0.29) is 18.0 Å². The Morgan fingerprint density at radius 2 is 1.92 bits per heavy atom. The third kappa shape index (κ3) is 6.41. The first kappa shape index (κ1) is 21.5. The minimum Gasteiger partial charge on any atom is -0.438 e. The number of methoxy groups -OCH3 is 1. The van der Waals surface area contributed by atoms with Crippen LogP contribution in [0.4, 0.5) is 4.79 Å². The van der Waals surface area contributed by atoms with Crippen molar-refractivity contribution in [2.45, 2.75) is 31.3 Å². The molecule has 0 atom stereocenters. The Bertz CT molecular complexity index is 838. The molecule has 1 aromatic rings. The van der Waals surface area contributed by atoms with Crippen LogP contribution in [0.3, 0.4) is 0 Å². The third-order valence-corrected chi connectivity index (χ3v) is 5.07. The summed E-state index contributed by atoms with van der Waals surface area (Å²) in [6, 6.07) is 6.56. The van der Waals surface area contributed by atoms with Gasteiger partial charge in [-0.2, -0.15) is 4.31 Å². The summed E-state index contributed by atoms with van der Waals surface area (Å²) in [5.74, 6) is 5.48. The number of rotatable bonds is 6. The molecule has 140 valence electrons. The molecule has 6 nitrogen and oxygen atoms in total. The van der Waals surface area contributed by atoms with E-state index < -0.39 is 21.8 Å². The molecule has 0 aliphatic rings. The molecule has 0 bridgehead atoms. The van der Waals surface area contributed by atoms with Crippen LogP contribution >= 0.6 is 0 Å². The van der Waals surface area contributed by atoms with E-state index in [0.29, 0.717) is 0 Å². The maximum absolute atomic E-state index is 12.8. The van der Waals surface area contributed by atoms with Crippen molar-refractivity contribution in [3.05, 3.63) is 48.2 Å². The number of carbonyl (C=O) groups excluding carboxylic acids is 1. The fourth-order valence-corrected chi connectivity index (χ4v) is 3.17. The highest BCUT2D eigenvalue weighted by molar-refractivity contribution is 7.89. The number of ether oxygens (including phenoxy) is 2. The van der Waals surface area contributed by atoms with E-state index >= 15 is 0 Å². The second-order valence-electron chi connectivity index (χ2n) is 5.89. The van der Waals surface area contributed by atoms with Crippen LogP contribution in [-0.4, -0.2) is 44.7 Å². The second kappa shape index (κ2) is 9.25. The van der Waals surface area contributed by atoms with E-state index in [1.54, 1.807) is 38.1 Å². The molecule has 7 heteroatoms. The van der Waals surface area contributed by atoms with E-state index in [0.717, 1.165) is 5.56 Å². The second-order valence-corrected chi connectivity index (χ2v) is 7.83. The van der Waals surface area contributed by atoms with Crippen molar-refractivity contribution in [1.82, 2.24) is 4.31 Å². The van der Waals surface area contributed by atoms with Gasteiger partial charge in [0.25, 0.3) is 0 Å². The van der Waals surface area contributed by atoms with Crippen molar-refractivity contribution < 1.29 is 22.7 Å². The van der Waals surface area contributed by atoms with Crippen LogP contribution in [0.2, 0.25) is 0 Å². The highest BCUT2D eigenvalue weighted by atomic mass is 32.2. The van der Waals surface area contributed by atoms with Gasteiger partial charge in [-0.1, -0.05) is 36.1 Å². The first-order valence-corrected chi connectivity index (χ1v) is 9.24. The average molecular weight is 377 g/mol. The van der Waals surface area contributed by atoms with E-state index in [2.05, 4.69) is 28.9 Å². The zero-order valence-electron chi connectivity index (χ0n) is 15.4. The molecule has 0 N–H and O–H groups in total. The topological polar surface area (TPSA) is 72.9 Å². The number of aryl methyl sites for hydroxylation is 1. The largest absolute Gasteiger partial charge is 0.509 e. The number of sulfonamides is 1. The number of hydrogen-bond donors (Lipinski definition) is 0. The Kier molecular flexibility index (Phi) is 7.66. The highest BCUT2D eigenvalue weighted by Gasteiger charge is 2.24. The highest BCUT2D eigenvalue weighted by Crippen LogP contribution is 2.16. The van der Waals surface area contributed by atoms with E-state index in [1.165, 1.54) is 17.5 Å². The summed E-state index contributed by atoms with van der Waals surface area (Å²) >= 11 is 0. The van der Waals surface area contributed by atoms with Gasteiger partial charge >= 0.3 is 6.16 Å². The maximum Gasteiger partial charge on any atom is 0.509 e. The van der Waals surface area contributed by atoms with Crippen LogP contribution in [0.5, 0.6) is 0 Å². The fraction of sp³-hybridized carbons (Fsp3) is 0.368. The van der Waals surface area contributed by atoms with Crippen LogP contribution < -0.4 is 0 Å². The molecule has 1 rings (SSSR count). The summed E-state index contributed by atoms with van der Waals surface area (Å²) in [7, 11) is -2.54. The monoisotopic (exact) mass is 377 g/mol. The van der Waals surface area contributed by atoms with E-state index in [9.17, 15) is 13.2 Å². The summed E-state index contributed by atoms with van der Waals surface area (Å²) in [5, 5.41) is 0. The van der Waals surface area contributed by atoms with Crippen molar-refractivity contribution in [2.24, 2.45) is 0 Å². The molecule has 0 saturated carbocycles.